The van der Waals surface area contributed by atoms with Gasteiger partial charge in [0.1, 0.15) is 6.61 Å². The third-order valence-electron chi connectivity index (χ3n) is 5.85. The quantitative estimate of drug-likeness (QED) is 0.688. The van der Waals surface area contributed by atoms with Gasteiger partial charge in [-0.15, -0.1) is 0 Å². The molecule has 0 radical (unpaired) electrons. The molecule has 0 aromatic heterocycles. The smallest absolute Gasteiger partial charge is 0.246 e. The Morgan fingerprint density at radius 1 is 1.27 bits per heavy atom. The van der Waals surface area contributed by atoms with Gasteiger partial charge in [0, 0.05) is 38.6 Å². The number of benzene rings is 1. The maximum Gasteiger partial charge on any atom is 0.246 e. The average molecular weight is 360 g/mol. The van der Waals surface area contributed by atoms with Gasteiger partial charge in [0.2, 0.25) is 5.91 Å². The van der Waals surface area contributed by atoms with E-state index in [0.29, 0.717) is 31.0 Å². The molecule has 1 saturated heterocycles. The summed E-state index contributed by atoms with van der Waals surface area (Å²) in [5.41, 5.74) is 2.70. The van der Waals surface area contributed by atoms with E-state index in [4.69, 9.17) is 9.47 Å². The van der Waals surface area contributed by atoms with E-state index < -0.39 is 0 Å². The van der Waals surface area contributed by atoms with E-state index in [1.165, 1.54) is 17.5 Å². The molecule has 26 heavy (non-hydrogen) atoms. The zero-order valence-corrected chi connectivity index (χ0v) is 16.2. The van der Waals surface area contributed by atoms with E-state index in [9.17, 15) is 4.79 Å². The van der Waals surface area contributed by atoms with Crippen molar-refractivity contribution in [3.05, 3.63) is 35.4 Å². The van der Waals surface area contributed by atoms with Gasteiger partial charge in [-0.1, -0.05) is 44.5 Å². The predicted molar refractivity (Wildman–Crippen MR) is 102 cm³/mol. The summed E-state index contributed by atoms with van der Waals surface area (Å²) in [7, 11) is 1.63. The average Bonchev–Trinajstić information content (AvgIpc) is 3.17. The Morgan fingerprint density at radius 2 is 2.04 bits per heavy atom. The molecule has 1 aromatic rings. The van der Waals surface area contributed by atoms with E-state index >= 15 is 0 Å². The van der Waals surface area contributed by atoms with Crippen LogP contribution in [0.25, 0.3) is 0 Å². The van der Waals surface area contributed by atoms with Crippen molar-refractivity contribution in [1.29, 1.82) is 0 Å². The molecule has 1 unspecified atom stereocenters. The Kier molecular flexibility index (Phi) is 6.68. The van der Waals surface area contributed by atoms with Crippen LogP contribution in [0.2, 0.25) is 0 Å². The summed E-state index contributed by atoms with van der Waals surface area (Å²) >= 11 is 0. The summed E-state index contributed by atoms with van der Waals surface area (Å²) in [5, 5.41) is 3.24. The molecule has 5 nitrogen and oxygen atoms in total. The highest BCUT2D eigenvalue weighted by molar-refractivity contribution is 5.78. The number of methoxy groups -OCH3 is 1. The Bertz CT molecular complexity index is 607. The lowest BCUT2D eigenvalue weighted by atomic mass is 9.94. The van der Waals surface area contributed by atoms with Gasteiger partial charge in [-0.25, -0.2) is 0 Å². The lowest BCUT2D eigenvalue weighted by Crippen LogP contribution is -2.36. The van der Waals surface area contributed by atoms with E-state index in [1.54, 1.807) is 7.11 Å². The molecule has 5 heteroatoms. The fraction of sp³-hybridized carbons (Fsp3) is 0.667. The molecular weight excluding hydrogens is 328 g/mol. The number of nitrogens with one attached hydrogen (secondary N) is 1. The second-order valence-electron chi connectivity index (χ2n) is 7.72. The molecule has 1 N–H and O–H groups in total. The molecule has 1 amide bonds. The lowest BCUT2D eigenvalue weighted by molar-refractivity contribution is -0.127. The maximum atomic E-state index is 12.4. The largest absolute Gasteiger partial charge is 0.382 e. The third-order valence-corrected chi connectivity index (χ3v) is 5.85. The van der Waals surface area contributed by atoms with Crippen molar-refractivity contribution in [3.63, 3.8) is 0 Å². The van der Waals surface area contributed by atoms with Crippen molar-refractivity contribution in [3.8, 4) is 0 Å². The number of nitrogens with zero attached hydrogens (tertiary/aromatic N) is 1. The molecule has 2 aliphatic rings. The minimum Gasteiger partial charge on any atom is -0.382 e. The highest BCUT2D eigenvalue weighted by atomic mass is 16.5. The Hall–Kier alpha value is -1.43. The third kappa shape index (κ3) is 4.27. The summed E-state index contributed by atoms with van der Waals surface area (Å²) < 4.78 is 10.3. The van der Waals surface area contributed by atoms with Crippen molar-refractivity contribution in [2.45, 2.75) is 32.2 Å². The molecule has 1 aromatic carbocycles. The number of hydrogen-bond acceptors (Lipinski definition) is 4. The van der Waals surface area contributed by atoms with Crippen LogP contribution in [0.4, 0.5) is 0 Å². The molecule has 1 aliphatic carbocycles. The van der Waals surface area contributed by atoms with Crippen LogP contribution >= 0.6 is 0 Å². The molecule has 144 valence electrons. The second kappa shape index (κ2) is 8.98. The molecular formula is C21H32N2O3. The first-order valence-electron chi connectivity index (χ1n) is 9.81. The summed E-state index contributed by atoms with van der Waals surface area (Å²) in [6, 6.07) is 8.69. The number of fused-ring (bicyclic) bond motifs is 3. The minimum absolute atomic E-state index is 0.0399. The number of amides is 1. The summed E-state index contributed by atoms with van der Waals surface area (Å²) in [4.78, 5) is 15.0. The summed E-state index contributed by atoms with van der Waals surface area (Å²) in [6.07, 6.45) is 1.21. The highest BCUT2D eigenvalue weighted by Crippen LogP contribution is 2.49. The van der Waals surface area contributed by atoms with Gasteiger partial charge in [0.25, 0.3) is 0 Å². The molecule has 0 bridgehead atoms. The van der Waals surface area contributed by atoms with E-state index in [-0.39, 0.29) is 18.6 Å². The van der Waals surface area contributed by atoms with Crippen LogP contribution in [-0.2, 0) is 14.3 Å². The number of hydrogen-bond donors (Lipinski definition) is 1. The first-order chi connectivity index (χ1) is 12.6. The van der Waals surface area contributed by atoms with Crippen molar-refractivity contribution in [2.75, 3.05) is 46.6 Å². The van der Waals surface area contributed by atoms with E-state index in [0.717, 1.165) is 19.6 Å². The Balaban J connectivity index is 1.65. The number of rotatable bonds is 9. The second-order valence-corrected chi connectivity index (χ2v) is 7.72. The fourth-order valence-corrected chi connectivity index (χ4v) is 4.37. The monoisotopic (exact) mass is 360 g/mol. The molecule has 0 saturated carbocycles. The van der Waals surface area contributed by atoms with Crippen LogP contribution < -0.4 is 5.32 Å². The van der Waals surface area contributed by atoms with Gasteiger partial charge < -0.3 is 19.7 Å². The summed E-state index contributed by atoms with van der Waals surface area (Å²) in [6.45, 7) is 8.92. The predicted octanol–water partition coefficient (Wildman–Crippen LogP) is 2.58. The first-order valence-corrected chi connectivity index (χ1v) is 9.81. The molecule has 1 fully saturated rings. The number of likely N-dealkylation sites (tertiary alicyclic amines) is 1. The Morgan fingerprint density at radius 3 is 2.77 bits per heavy atom. The van der Waals surface area contributed by atoms with Crippen molar-refractivity contribution in [2.24, 2.45) is 11.8 Å². The minimum atomic E-state index is -0.0399. The van der Waals surface area contributed by atoms with Gasteiger partial charge in [-0.3, -0.25) is 4.79 Å². The first kappa shape index (κ1) is 19.3. The topological polar surface area (TPSA) is 50.8 Å². The fourth-order valence-electron chi connectivity index (χ4n) is 4.37. The van der Waals surface area contributed by atoms with E-state index in [2.05, 4.69) is 48.3 Å². The van der Waals surface area contributed by atoms with Crippen LogP contribution in [0.5, 0.6) is 0 Å². The normalized spacial score (nSPS) is 25.7. The zero-order valence-electron chi connectivity index (χ0n) is 16.2. The number of ether oxygens (including phenoxy) is 2. The van der Waals surface area contributed by atoms with Gasteiger partial charge in [-0.05, 0) is 17.0 Å². The van der Waals surface area contributed by atoms with Crippen LogP contribution in [0.15, 0.2) is 24.3 Å². The molecule has 1 heterocycles. The van der Waals surface area contributed by atoms with Gasteiger partial charge in [-0.2, -0.15) is 0 Å². The molecule has 1 aliphatic heterocycles. The highest BCUT2D eigenvalue weighted by Gasteiger charge is 2.46. The maximum absolute atomic E-state index is 12.4. The summed E-state index contributed by atoms with van der Waals surface area (Å²) in [5.74, 6) is 1.66. The van der Waals surface area contributed by atoms with Gasteiger partial charge in [0.15, 0.2) is 0 Å². The van der Waals surface area contributed by atoms with Crippen molar-refractivity contribution >= 4 is 5.91 Å². The van der Waals surface area contributed by atoms with Crippen molar-refractivity contribution < 1.29 is 14.3 Å². The van der Waals surface area contributed by atoms with Crippen LogP contribution in [0, 0.1) is 11.8 Å². The van der Waals surface area contributed by atoms with Crippen LogP contribution in [-0.4, -0.2) is 57.4 Å². The molecule has 0 spiro atoms. The number of carbonyl (C=O) groups excluding carboxylic acids is 1. The SMILES string of the molecule is CCC(C)CN1C[C@@H]2[C@H](NC(=O)COCCOC)c3ccccc3[C@@H]2C1. The lowest BCUT2D eigenvalue weighted by Gasteiger charge is -2.24. The molecule has 3 rings (SSSR count). The van der Waals surface area contributed by atoms with Gasteiger partial charge in [0.05, 0.1) is 19.3 Å². The van der Waals surface area contributed by atoms with Crippen LogP contribution in [0.1, 0.15) is 43.4 Å². The molecule has 4 atom stereocenters. The van der Waals surface area contributed by atoms with Gasteiger partial charge >= 0.3 is 0 Å². The standard InChI is InChI=1S/C21H32N2O3/c1-4-15(2)11-23-12-18-16-7-5-6-8-17(16)21(19(18)13-23)22-20(24)14-26-10-9-25-3/h5-8,15,18-19,21H,4,9-14H2,1-3H3,(H,22,24)/t15?,18-,19-,21+/m0/s1. The van der Waals surface area contributed by atoms with E-state index in [1.807, 2.05) is 0 Å². The zero-order chi connectivity index (χ0) is 18.5. The van der Waals surface area contributed by atoms with Crippen molar-refractivity contribution in [1.82, 2.24) is 10.2 Å². The number of carbonyl (C=O) groups is 1. The Labute approximate surface area is 157 Å². The van der Waals surface area contributed by atoms with Crippen LogP contribution in [0.3, 0.4) is 0 Å².